The number of ether oxygens (including phenoxy) is 1. The molecule has 1 atom stereocenters. The van der Waals surface area contributed by atoms with Crippen molar-refractivity contribution in [3.05, 3.63) is 42.0 Å². The molecule has 0 spiro atoms. The Morgan fingerprint density at radius 3 is 2.64 bits per heavy atom. The lowest BCUT2D eigenvalue weighted by atomic mass is 10.2. The number of amides is 2. The van der Waals surface area contributed by atoms with E-state index in [4.69, 9.17) is 9.15 Å². The SMILES string of the molecule is O=C(NCC1CCCO1)c1ccc(N2CCN(C(=O)c3ccco3)CC2)nn1. The summed E-state index contributed by atoms with van der Waals surface area (Å²) in [5.74, 6) is 0.699. The third-order valence-electron chi connectivity index (χ3n) is 5.02. The van der Waals surface area contributed by atoms with Crippen LogP contribution < -0.4 is 10.2 Å². The second-order valence-corrected chi connectivity index (χ2v) is 6.88. The second kappa shape index (κ2) is 8.39. The van der Waals surface area contributed by atoms with Crippen molar-refractivity contribution >= 4 is 17.6 Å². The molecule has 4 heterocycles. The Labute approximate surface area is 162 Å². The monoisotopic (exact) mass is 385 g/mol. The predicted octanol–water partition coefficient (Wildman–Crippen LogP) is 0.941. The number of aromatic nitrogens is 2. The van der Waals surface area contributed by atoms with Crippen LogP contribution in [0.25, 0.3) is 0 Å². The summed E-state index contributed by atoms with van der Waals surface area (Å²) in [6, 6.07) is 6.84. The molecule has 2 saturated heterocycles. The number of hydrogen-bond acceptors (Lipinski definition) is 7. The van der Waals surface area contributed by atoms with Crippen molar-refractivity contribution in [2.24, 2.45) is 0 Å². The molecule has 1 unspecified atom stereocenters. The number of nitrogens with zero attached hydrogens (tertiary/aromatic N) is 4. The number of piperazine rings is 1. The number of furan rings is 1. The van der Waals surface area contributed by atoms with Crippen molar-refractivity contribution in [2.45, 2.75) is 18.9 Å². The zero-order chi connectivity index (χ0) is 19.3. The van der Waals surface area contributed by atoms with Gasteiger partial charge in [-0.2, -0.15) is 0 Å². The van der Waals surface area contributed by atoms with E-state index in [0.29, 0.717) is 44.3 Å². The highest BCUT2D eigenvalue weighted by Gasteiger charge is 2.24. The maximum Gasteiger partial charge on any atom is 0.289 e. The van der Waals surface area contributed by atoms with Crippen LogP contribution >= 0.6 is 0 Å². The summed E-state index contributed by atoms with van der Waals surface area (Å²) in [7, 11) is 0. The smallest absolute Gasteiger partial charge is 0.289 e. The maximum absolute atomic E-state index is 12.3. The quantitative estimate of drug-likeness (QED) is 0.817. The van der Waals surface area contributed by atoms with Crippen LogP contribution in [0.4, 0.5) is 5.82 Å². The summed E-state index contributed by atoms with van der Waals surface area (Å²) in [6.07, 6.45) is 3.60. The van der Waals surface area contributed by atoms with Gasteiger partial charge in [-0.1, -0.05) is 0 Å². The van der Waals surface area contributed by atoms with Crippen LogP contribution in [0.15, 0.2) is 34.9 Å². The molecule has 2 aromatic heterocycles. The Kier molecular flexibility index (Phi) is 5.52. The number of nitrogens with one attached hydrogen (secondary N) is 1. The van der Waals surface area contributed by atoms with E-state index in [1.54, 1.807) is 29.2 Å². The molecule has 148 valence electrons. The van der Waals surface area contributed by atoms with Crippen LogP contribution in [0.1, 0.15) is 33.9 Å². The first-order chi connectivity index (χ1) is 13.7. The minimum atomic E-state index is -0.247. The van der Waals surface area contributed by atoms with Crippen molar-refractivity contribution in [3.8, 4) is 0 Å². The molecule has 4 rings (SSSR count). The highest BCUT2D eigenvalue weighted by atomic mass is 16.5. The van der Waals surface area contributed by atoms with E-state index >= 15 is 0 Å². The molecule has 9 nitrogen and oxygen atoms in total. The summed E-state index contributed by atoms with van der Waals surface area (Å²) in [5, 5.41) is 11.1. The van der Waals surface area contributed by atoms with Gasteiger partial charge in [0.1, 0.15) is 0 Å². The fourth-order valence-corrected chi connectivity index (χ4v) is 3.41. The van der Waals surface area contributed by atoms with Crippen molar-refractivity contribution in [1.82, 2.24) is 20.4 Å². The average Bonchev–Trinajstić information content (AvgIpc) is 3.46. The van der Waals surface area contributed by atoms with E-state index in [1.807, 2.05) is 4.90 Å². The molecule has 0 radical (unpaired) electrons. The van der Waals surface area contributed by atoms with Gasteiger partial charge in [0.05, 0.1) is 12.4 Å². The number of hydrogen-bond donors (Lipinski definition) is 1. The number of rotatable bonds is 5. The molecular formula is C19H23N5O4. The van der Waals surface area contributed by atoms with Crippen LogP contribution in [0.5, 0.6) is 0 Å². The van der Waals surface area contributed by atoms with Gasteiger partial charge in [-0.3, -0.25) is 9.59 Å². The molecule has 2 aromatic rings. The zero-order valence-corrected chi connectivity index (χ0v) is 15.5. The Morgan fingerprint density at radius 1 is 1.14 bits per heavy atom. The van der Waals surface area contributed by atoms with Gasteiger partial charge in [-0.15, -0.1) is 10.2 Å². The molecule has 0 aromatic carbocycles. The van der Waals surface area contributed by atoms with Gasteiger partial charge < -0.3 is 24.3 Å². The van der Waals surface area contributed by atoms with Crippen molar-refractivity contribution in [1.29, 1.82) is 0 Å². The van der Waals surface area contributed by atoms with Crippen LogP contribution in [0.2, 0.25) is 0 Å². The standard InChI is InChI=1S/C19H23N5O4/c25-18(20-13-14-3-1-11-27-14)15-5-6-17(22-21-15)23-7-9-24(10-8-23)19(26)16-4-2-12-28-16/h2,4-6,12,14H,1,3,7-11,13H2,(H,20,25). The van der Waals surface area contributed by atoms with Gasteiger partial charge in [0, 0.05) is 39.3 Å². The van der Waals surface area contributed by atoms with Crippen LogP contribution in [0, 0.1) is 0 Å². The normalized spacial score (nSPS) is 19.6. The number of anilines is 1. The molecule has 0 aliphatic carbocycles. The molecule has 1 N–H and O–H groups in total. The zero-order valence-electron chi connectivity index (χ0n) is 15.5. The molecule has 2 amide bonds. The van der Waals surface area contributed by atoms with Crippen LogP contribution in [-0.2, 0) is 4.74 Å². The Bertz CT molecular complexity index is 794. The molecule has 2 fully saturated rings. The molecule has 2 aliphatic rings. The first kappa shape index (κ1) is 18.4. The molecule has 9 heteroatoms. The first-order valence-corrected chi connectivity index (χ1v) is 9.52. The fraction of sp³-hybridized carbons (Fsp3) is 0.474. The highest BCUT2D eigenvalue weighted by Crippen LogP contribution is 2.15. The van der Waals surface area contributed by atoms with E-state index < -0.39 is 0 Å². The molecule has 0 bridgehead atoms. The van der Waals surface area contributed by atoms with Crippen molar-refractivity contribution in [2.75, 3.05) is 44.2 Å². The van der Waals surface area contributed by atoms with Gasteiger partial charge in [-0.05, 0) is 37.1 Å². The minimum Gasteiger partial charge on any atom is -0.459 e. The lowest BCUT2D eigenvalue weighted by molar-refractivity contribution is 0.0714. The fourth-order valence-electron chi connectivity index (χ4n) is 3.41. The van der Waals surface area contributed by atoms with Crippen LogP contribution in [-0.4, -0.2) is 72.3 Å². The summed E-state index contributed by atoms with van der Waals surface area (Å²) in [6.45, 7) is 3.69. The third kappa shape index (κ3) is 4.14. The van der Waals surface area contributed by atoms with Crippen LogP contribution in [0.3, 0.4) is 0 Å². The molecular weight excluding hydrogens is 362 g/mol. The maximum atomic E-state index is 12.3. The third-order valence-corrected chi connectivity index (χ3v) is 5.02. The first-order valence-electron chi connectivity index (χ1n) is 9.52. The minimum absolute atomic E-state index is 0.0939. The summed E-state index contributed by atoms with van der Waals surface area (Å²) >= 11 is 0. The van der Waals surface area contributed by atoms with E-state index in [0.717, 1.165) is 19.4 Å². The second-order valence-electron chi connectivity index (χ2n) is 6.88. The Balaban J connectivity index is 1.28. The predicted molar refractivity (Wildman–Crippen MR) is 100 cm³/mol. The van der Waals surface area contributed by atoms with Gasteiger partial charge in [0.2, 0.25) is 0 Å². The van der Waals surface area contributed by atoms with E-state index in [1.165, 1.54) is 6.26 Å². The van der Waals surface area contributed by atoms with Gasteiger partial charge in [0.25, 0.3) is 11.8 Å². The largest absolute Gasteiger partial charge is 0.459 e. The summed E-state index contributed by atoms with van der Waals surface area (Å²) in [4.78, 5) is 28.3. The topological polar surface area (TPSA) is 101 Å². The van der Waals surface area contributed by atoms with E-state index in [9.17, 15) is 9.59 Å². The Hall–Kier alpha value is -2.94. The lowest BCUT2D eigenvalue weighted by Crippen LogP contribution is -2.49. The lowest BCUT2D eigenvalue weighted by Gasteiger charge is -2.34. The van der Waals surface area contributed by atoms with Crippen molar-refractivity contribution < 1.29 is 18.7 Å². The molecule has 0 saturated carbocycles. The summed E-state index contributed by atoms with van der Waals surface area (Å²) < 4.78 is 10.7. The Morgan fingerprint density at radius 2 is 2.00 bits per heavy atom. The average molecular weight is 385 g/mol. The van der Waals surface area contributed by atoms with Gasteiger partial charge in [-0.25, -0.2) is 0 Å². The van der Waals surface area contributed by atoms with Gasteiger partial charge in [0.15, 0.2) is 17.3 Å². The summed E-state index contributed by atoms with van der Waals surface area (Å²) in [5.41, 5.74) is 0.286. The highest BCUT2D eigenvalue weighted by molar-refractivity contribution is 5.92. The van der Waals surface area contributed by atoms with Gasteiger partial charge >= 0.3 is 0 Å². The van der Waals surface area contributed by atoms with E-state index in [-0.39, 0.29) is 23.6 Å². The number of carbonyl (C=O) groups is 2. The number of carbonyl (C=O) groups excluding carboxylic acids is 2. The molecule has 28 heavy (non-hydrogen) atoms. The molecule has 2 aliphatic heterocycles. The van der Waals surface area contributed by atoms with Crippen molar-refractivity contribution in [3.63, 3.8) is 0 Å². The van der Waals surface area contributed by atoms with E-state index in [2.05, 4.69) is 15.5 Å².